The van der Waals surface area contributed by atoms with Gasteiger partial charge in [0.05, 0.1) is 19.7 Å². The van der Waals surface area contributed by atoms with E-state index in [2.05, 4.69) is 20.3 Å². The molecule has 0 aliphatic heterocycles. The molecular weight excluding hydrogens is 244 g/mol. The van der Waals surface area contributed by atoms with Crippen LogP contribution in [-0.2, 0) is 20.8 Å². The van der Waals surface area contributed by atoms with Crippen molar-refractivity contribution in [2.45, 2.75) is 24.5 Å². The highest BCUT2D eigenvalue weighted by molar-refractivity contribution is 7.99. The van der Waals surface area contributed by atoms with Crippen molar-refractivity contribution in [3.63, 3.8) is 0 Å². The number of nitrogens with zero attached hydrogens (tertiary/aromatic N) is 4. The van der Waals surface area contributed by atoms with E-state index in [1.165, 1.54) is 36.4 Å². The fourth-order valence-corrected chi connectivity index (χ4v) is 1.81. The molecule has 94 valence electrons. The summed E-state index contributed by atoms with van der Waals surface area (Å²) >= 11 is 1.37. The molecule has 2 rings (SSSR count). The Bertz CT molecular complexity index is 380. The summed E-state index contributed by atoms with van der Waals surface area (Å²) in [7, 11) is 1.33. The number of aromatic nitrogens is 4. The minimum Gasteiger partial charge on any atom is -0.468 e. The largest absolute Gasteiger partial charge is 0.468 e. The summed E-state index contributed by atoms with van der Waals surface area (Å²) in [5.74, 6) is 0.859. The van der Waals surface area contributed by atoms with Gasteiger partial charge in [-0.25, -0.2) is 4.68 Å². The maximum absolute atomic E-state index is 11.1. The van der Waals surface area contributed by atoms with Gasteiger partial charge in [0.15, 0.2) is 0 Å². The second-order valence-corrected chi connectivity index (χ2v) is 4.66. The SMILES string of the molecule is COC(=O)Cn1nnnc1SCOCC1CC1. The van der Waals surface area contributed by atoms with Crippen molar-refractivity contribution < 1.29 is 14.3 Å². The van der Waals surface area contributed by atoms with Crippen LogP contribution in [0.1, 0.15) is 12.8 Å². The van der Waals surface area contributed by atoms with E-state index in [-0.39, 0.29) is 12.5 Å². The van der Waals surface area contributed by atoms with Crippen LogP contribution in [0.2, 0.25) is 0 Å². The Balaban J connectivity index is 1.74. The second kappa shape index (κ2) is 5.97. The molecule has 0 unspecified atom stereocenters. The molecular formula is C9H14N4O3S. The zero-order valence-corrected chi connectivity index (χ0v) is 10.4. The van der Waals surface area contributed by atoms with Crippen LogP contribution in [0.4, 0.5) is 0 Å². The van der Waals surface area contributed by atoms with Crippen molar-refractivity contribution in [2.75, 3.05) is 19.7 Å². The number of carbonyl (C=O) groups excluding carboxylic acids is 1. The van der Waals surface area contributed by atoms with E-state index in [0.29, 0.717) is 11.1 Å². The number of esters is 1. The third-order valence-electron chi connectivity index (χ3n) is 2.33. The lowest BCUT2D eigenvalue weighted by atomic mass is 10.5. The summed E-state index contributed by atoms with van der Waals surface area (Å²) in [6.07, 6.45) is 2.54. The van der Waals surface area contributed by atoms with E-state index in [0.717, 1.165) is 12.5 Å². The van der Waals surface area contributed by atoms with Crippen LogP contribution in [0.25, 0.3) is 0 Å². The lowest BCUT2D eigenvalue weighted by Crippen LogP contribution is -2.14. The molecule has 1 saturated carbocycles. The summed E-state index contributed by atoms with van der Waals surface area (Å²) in [5, 5.41) is 11.6. The standard InChI is InChI=1S/C9H14N4O3S/c1-15-8(14)4-13-9(10-11-12-13)17-6-16-5-7-2-3-7/h7H,2-6H2,1H3. The maximum atomic E-state index is 11.1. The predicted molar refractivity (Wildman–Crippen MR) is 59.2 cm³/mol. The highest BCUT2D eigenvalue weighted by atomic mass is 32.2. The van der Waals surface area contributed by atoms with Gasteiger partial charge in [0, 0.05) is 0 Å². The van der Waals surface area contributed by atoms with E-state index in [9.17, 15) is 4.79 Å². The van der Waals surface area contributed by atoms with Crippen LogP contribution in [0.5, 0.6) is 0 Å². The van der Waals surface area contributed by atoms with Crippen molar-refractivity contribution in [1.82, 2.24) is 20.2 Å². The zero-order valence-electron chi connectivity index (χ0n) is 9.53. The number of rotatable bonds is 7. The van der Waals surface area contributed by atoms with E-state index in [1.54, 1.807) is 0 Å². The van der Waals surface area contributed by atoms with Gasteiger partial charge in [0.2, 0.25) is 5.16 Å². The number of thioether (sulfide) groups is 1. The lowest BCUT2D eigenvalue weighted by Gasteiger charge is -2.03. The minimum absolute atomic E-state index is 0.0223. The van der Waals surface area contributed by atoms with Crippen LogP contribution >= 0.6 is 11.8 Å². The number of hydrogen-bond donors (Lipinski definition) is 0. The van der Waals surface area contributed by atoms with Gasteiger partial charge in [-0.3, -0.25) is 4.79 Å². The molecule has 1 fully saturated rings. The van der Waals surface area contributed by atoms with Gasteiger partial charge in [-0.15, -0.1) is 5.10 Å². The molecule has 1 aliphatic rings. The minimum atomic E-state index is -0.377. The molecule has 0 amide bonds. The first kappa shape index (κ1) is 12.3. The molecule has 1 heterocycles. The Kier molecular flexibility index (Phi) is 4.32. The predicted octanol–water partition coefficient (Wildman–Crippen LogP) is 0.322. The third-order valence-corrected chi connectivity index (χ3v) is 3.16. The Morgan fingerprint density at radius 3 is 3.12 bits per heavy atom. The second-order valence-electron chi connectivity index (χ2n) is 3.77. The lowest BCUT2D eigenvalue weighted by molar-refractivity contribution is -0.141. The van der Waals surface area contributed by atoms with Gasteiger partial charge in [-0.05, 0) is 29.2 Å². The topological polar surface area (TPSA) is 79.1 Å². The molecule has 0 saturated heterocycles. The van der Waals surface area contributed by atoms with E-state index < -0.39 is 0 Å². The van der Waals surface area contributed by atoms with Gasteiger partial charge in [0.25, 0.3) is 0 Å². The van der Waals surface area contributed by atoms with Gasteiger partial charge in [-0.2, -0.15) is 0 Å². The van der Waals surface area contributed by atoms with E-state index in [1.807, 2.05) is 0 Å². The van der Waals surface area contributed by atoms with Crippen molar-refractivity contribution >= 4 is 17.7 Å². The number of hydrogen-bond acceptors (Lipinski definition) is 7. The van der Waals surface area contributed by atoms with Crippen LogP contribution in [0.15, 0.2) is 5.16 Å². The number of tetrazole rings is 1. The average molecular weight is 258 g/mol. The molecule has 1 aromatic heterocycles. The fraction of sp³-hybridized carbons (Fsp3) is 0.778. The maximum Gasteiger partial charge on any atom is 0.327 e. The Morgan fingerprint density at radius 2 is 2.41 bits per heavy atom. The van der Waals surface area contributed by atoms with Crippen LogP contribution in [-0.4, -0.2) is 45.8 Å². The molecule has 0 bridgehead atoms. The van der Waals surface area contributed by atoms with Gasteiger partial charge in [-0.1, -0.05) is 11.8 Å². The van der Waals surface area contributed by atoms with Gasteiger partial charge < -0.3 is 9.47 Å². The van der Waals surface area contributed by atoms with Crippen LogP contribution in [0, 0.1) is 5.92 Å². The molecule has 0 spiro atoms. The molecule has 0 atom stereocenters. The first-order valence-electron chi connectivity index (χ1n) is 5.33. The van der Waals surface area contributed by atoms with E-state index in [4.69, 9.17) is 4.74 Å². The highest BCUT2D eigenvalue weighted by Crippen LogP contribution is 2.29. The molecule has 0 aromatic carbocycles. The third kappa shape index (κ3) is 3.97. The molecule has 8 heteroatoms. The molecule has 1 aromatic rings. The molecule has 1 aliphatic carbocycles. The number of carbonyl (C=O) groups is 1. The summed E-state index contributed by atoms with van der Waals surface area (Å²) < 4.78 is 11.4. The Hall–Kier alpha value is -1.15. The fourth-order valence-electron chi connectivity index (χ4n) is 1.18. The Labute approximate surface area is 103 Å². The smallest absolute Gasteiger partial charge is 0.327 e. The van der Waals surface area contributed by atoms with Crippen molar-refractivity contribution in [2.24, 2.45) is 5.92 Å². The van der Waals surface area contributed by atoms with Crippen LogP contribution in [0.3, 0.4) is 0 Å². The number of methoxy groups -OCH3 is 1. The van der Waals surface area contributed by atoms with Gasteiger partial charge >= 0.3 is 5.97 Å². The van der Waals surface area contributed by atoms with E-state index >= 15 is 0 Å². The summed E-state index contributed by atoms with van der Waals surface area (Å²) in [6.45, 7) is 0.819. The number of ether oxygens (including phenoxy) is 2. The van der Waals surface area contributed by atoms with Crippen molar-refractivity contribution in [3.05, 3.63) is 0 Å². The molecule has 17 heavy (non-hydrogen) atoms. The first-order chi connectivity index (χ1) is 8.29. The van der Waals surface area contributed by atoms with Crippen molar-refractivity contribution in [3.8, 4) is 0 Å². The van der Waals surface area contributed by atoms with Gasteiger partial charge in [0.1, 0.15) is 6.54 Å². The molecule has 7 nitrogen and oxygen atoms in total. The summed E-state index contributed by atoms with van der Waals surface area (Å²) in [5.41, 5.74) is 0. The summed E-state index contributed by atoms with van der Waals surface area (Å²) in [6, 6.07) is 0. The Morgan fingerprint density at radius 1 is 1.59 bits per heavy atom. The monoisotopic (exact) mass is 258 g/mol. The zero-order chi connectivity index (χ0) is 12.1. The highest BCUT2D eigenvalue weighted by Gasteiger charge is 2.21. The average Bonchev–Trinajstić information content (AvgIpc) is 3.06. The first-order valence-corrected chi connectivity index (χ1v) is 6.31. The van der Waals surface area contributed by atoms with Crippen molar-refractivity contribution in [1.29, 1.82) is 0 Å². The quantitative estimate of drug-likeness (QED) is 0.301. The van der Waals surface area contributed by atoms with Crippen LogP contribution < -0.4 is 0 Å². The molecule has 0 N–H and O–H groups in total. The summed E-state index contributed by atoms with van der Waals surface area (Å²) in [4.78, 5) is 11.1. The normalized spacial score (nSPS) is 14.9. The molecule has 0 radical (unpaired) electrons.